The average molecular weight is 272 g/mol. The van der Waals surface area contributed by atoms with Crippen LogP contribution in [0.5, 0.6) is 0 Å². The predicted octanol–water partition coefficient (Wildman–Crippen LogP) is 2.82. The molecule has 0 aliphatic heterocycles. The van der Waals surface area contributed by atoms with Crippen molar-refractivity contribution in [2.75, 3.05) is 20.2 Å². The number of halogens is 1. The second-order valence-corrected chi connectivity index (χ2v) is 4.72. The summed E-state index contributed by atoms with van der Waals surface area (Å²) >= 11 is 3.44. The second-order valence-electron chi connectivity index (χ2n) is 3.81. The largest absolute Gasteiger partial charge is 0.376 e. The minimum absolute atomic E-state index is 0.558. The maximum Gasteiger partial charge on any atom is 0.0717 e. The van der Waals surface area contributed by atoms with Gasteiger partial charge in [-0.3, -0.25) is 0 Å². The molecular formula is C12H18BrNO. The summed E-state index contributed by atoms with van der Waals surface area (Å²) in [6.07, 6.45) is 0. The van der Waals surface area contributed by atoms with E-state index >= 15 is 0 Å². The van der Waals surface area contributed by atoms with Gasteiger partial charge in [-0.05, 0) is 37.2 Å². The predicted molar refractivity (Wildman–Crippen MR) is 66.9 cm³/mol. The molecule has 1 unspecified atom stereocenters. The van der Waals surface area contributed by atoms with Crippen molar-refractivity contribution in [3.05, 3.63) is 34.3 Å². The molecule has 0 heterocycles. The molecule has 1 rings (SSSR count). The Morgan fingerprint density at radius 1 is 1.47 bits per heavy atom. The Labute approximate surface area is 100 Å². The Balaban J connectivity index is 2.25. The molecule has 0 saturated heterocycles. The third-order valence-electron chi connectivity index (χ3n) is 2.11. The molecule has 1 aromatic rings. The van der Waals surface area contributed by atoms with Crippen molar-refractivity contribution in [3.8, 4) is 0 Å². The molecule has 1 aromatic carbocycles. The first-order chi connectivity index (χ1) is 7.22. The van der Waals surface area contributed by atoms with Crippen molar-refractivity contribution in [1.29, 1.82) is 0 Å². The third kappa shape index (κ3) is 5.30. The maximum absolute atomic E-state index is 5.63. The van der Waals surface area contributed by atoms with Crippen LogP contribution in [0.25, 0.3) is 0 Å². The number of benzene rings is 1. The van der Waals surface area contributed by atoms with Crippen LogP contribution in [-0.4, -0.2) is 20.2 Å². The summed E-state index contributed by atoms with van der Waals surface area (Å²) in [7, 11) is 1.96. The number of rotatable bonds is 6. The van der Waals surface area contributed by atoms with Crippen molar-refractivity contribution in [2.24, 2.45) is 5.92 Å². The van der Waals surface area contributed by atoms with E-state index in [0.29, 0.717) is 12.5 Å². The van der Waals surface area contributed by atoms with Crippen molar-refractivity contribution >= 4 is 15.9 Å². The number of hydrogen-bond acceptors (Lipinski definition) is 2. The molecule has 0 saturated carbocycles. The van der Waals surface area contributed by atoms with Crippen molar-refractivity contribution < 1.29 is 4.74 Å². The summed E-state index contributed by atoms with van der Waals surface area (Å²) in [5.41, 5.74) is 1.21. The molecule has 1 atom stereocenters. The van der Waals surface area contributed by atoms with Crippen LogP contribution < -0.4 is 5.32 Å². The number of hydrogen-bond donors (Lipinski definition) is 1. The van der Waals surface area contributed by atoms with Crippen LogP contribution in [0.2, 0.25) is 0 Å². The zero-order chi connectivity index (χ0) is 11.1. The summed E-state index contributed by atoms with van der Waals surface area (Å²) in [4.78, 5) is 0. The quantitative estimate of drug-likeness (QED) is 0.859. The second kappa shape index (κ2) is 6.99. The van der Waals surface area contributed by atoms with Gasteiger partial charge in [0.25, 0.3) is 0 Å². The van der Waals surface area contributed by atoms with Crippen LogP contribution in [0, 0.1) is 5.92 Å². The highest BCUT2D eigenvalue weighted by atomic mass is 79.9. The Bertz CT molecular complexity index is 291. The SMILES string of the molecule is CNCC(C)COCc1cccc(Br)c1. The van der Waals surface area contributed by atoms with Crippen LogP contribution in [0.1, 0.15) is 12.5 Å². The first-order valence-electron chi connectivity index (χ1n) is 5.19. The fourth-order valence-electron chi connectivity index (χ4n) is 1.41. The number of ether oxygens (including phenoxy) is 1. The van der Waals surface area contributed by atoms with Crippen molar-refractivity contribution in [1.82, 2.24) is 5.32 Å². The van der Waals surface area contributed by atoms with Crippen LogP contribution in [0.4, 0.5) is 0 Å². The first-order valence-corrected chi connectivity index (χ1v) is 5.98. The maximum atomic E-state index is 5.63. The molecule has 0 amide bonds. The van der Waals surface area contributed by atoms with Gasteiger partial charge in [-0.2, -0.15) is 0 Å². The highest BCUT2D eigenvalue weighted by Crippen LogP contribution is 2.12. The van der Waals surface area contributed by atoms with E-state index in [4.69, 9.17) is 4.74 Å². The highest BCUT2D eigenvalue weighted by molar-refractivity contribution is 9.10. The van der Waals surface area contributed by atoms with E-state index < -0.39 is 0 Å². The summed E-state index contributed by atoms with van der Waals surface area (Å²) in [5, 5.41) is 3.14. The molecule has 0 aliphatic rings. The zero-order valence-electron chi connectivity index (χ0n) is 9.29. The minimum Gasteiger partial charge on any atom is -0.376 e. The summed E-state index contributed by atoms with van der Waals surface area (Å²) in [5.74, 6) is 0.558. The topological polar surface area (TPSA) is 21.3 Å². The Morgan fingerprint density at radius 3 is 2.93 bits per heavy atom. The van der Waals surface area contributed by atoms with E-state index in [1.54, 1.807) is 0 Å². The first kappa shape index (κ1) is 12.7. The Morgan fingerprint density at radius 2 is 2.27 bits per heavy atom. The standard InChI is InChI=1S/C12H18BrNO/c1-10(7-14-2)8-15-9-11-4-3-5-12(13)6-11/h3-6,10,14H,7-9H2,1-2H3. The van der Waals surface area contributed by atoms with E-state index in [-0.39, 0.29) is 0 Å². The molecule has 0 aromatic heterocycles. The van der Waals surface area contributed by atoms with Gasteiger partial charge in [-0.1, -0.05) is 35.0 Å². The molecule has 0 radical (unpaired) electrons. The zero-order valence-corrected chi connectivity index (χ0v) is 10.9. The molecule has 0 aliphatic carbocycles. The van der Waals surface area contributed by atoms with Crippen molar-refractivity contribution in [3.63, 3.8) is 0 Å². The summed E-state index contributed by atoms with van der Waals surface area (Å²) < 4.78 is 6.73. The lowest BCUT2D eigenvalue weighted by Gasteiger charge is -2.11. The molecule has 2 nitrogen and oxygen atoms in total. The van der Waals surface area contributed by atoms with Gasteiger partial charge in [0.15, 0.2) is 0 Å². The van der Waals surface area contributed by atoms with Crippen LogP contribution in [0.3, 0.4) is 0 Å². The smallest absolute Gasteiger partial charge is 0.0717 e. The van der Waals surface area contributed by atoms with Crippen LogP contribution in [-0.2, 0) is 11.3 Å². The van der Waals surface area contributed by atoms with Gasteiger partial charge in [-0.25, -0.2) is 0 Å². The van der Waals surface area contributed by atoms with Gasteiger partial charge in [0, 0.05) is 4.47 Å². The van der Waals surface area contributed by atoms with Crippen LogP contribution in [0.15, 0.2) is 28.7 Å². The van der Waals surface area contributed by atoms with Gasteiger partial charge >= 0.3 is 0 Å². The van der Waals surface area contributed by atoms with Gasteiger partial charge in [0.05, 0.1) is 13.2 Å². The fourth-order valence-corrected chi connectivity index (χ4v) is 1.86. The van der Waals surface area contributed by atoms with Gasteiger partial charge in [-0.15, -0.1) is 0 Å². The molecular weight excluding hydrogens is 254 g/mol. The van der Waals surface area contributed by atoms with Gasteiger partial charge in [0.2, 0.25) is 0 Å². The number of nitrogens with one attached hydrogen (secondary N) is 1. The lowest BCUT2D eigenvalue weighted by Crippen LogP contribution is -2.20. The lowest BCUT2D eigenvalue weighted by atomic mass is 10.2. The summed E-state index contributed by atoms with van der Waals surface area (Å²) in [6.45, 7) is 4.66. The molecule has 0 fully saturated rings. The summed E-state index contributed by atoms with van der Waals surface area (Å²) in [6, 6.07) is 8.21. The normalized spacial score (nSPS) is 12.7. The molecule has 15 heavy (non-hydrogen) atoms. The lowest BCUT2D eigenvalue weighted by molar-refractivity contribution is 0.0924. The van der Waals surface area contributed by atoms with E-state index in [1.807, 2.05) is 19.2 Å². The molecule has 1 N–H and O–H groups in total. The Hall–Kier alpha value is -0.380. The molecule has 84 valence electrons. The fraction of sp³-hybridized carbons (Fsp3) is 0.500. The van der Waals surface area contributed by atoms with Gasteiger partial charge < -0.3 is 10.1 Å². The van der Waals surface area contributed by atoms with E-state index in [1.165, 1.54) is 5.56 Å². The molecule has 0 bridgehead atoms. The average Bonchev–Trinajstić information content (AvgIpc) is 2.18. The molecule has 3 heteroatoms. The van der Waals surface area contributed by atoms with E-state index in [9.17, 15) is 0 Å². The Kier molecular flexibility index (Phi) is 5.91. The van der Waals surface area contributed by atoms with Gasteiger partial charge in [0.1, 0.15) is 0 Å². The van der Waals surface area contributed by atoms with E-state index in [2.05, 4.69) is 40.3 Å². The molecule has 0 spiro atoms. The third-order valence-corrected chi connectivity index (χ3v) is 2.61. The van der Waals surface area contributed by atoms with Crippen molar-refractivity contribution in [2.45, 2.75) is 13.5 Å². The monoisotopic (exact) mass is 271 g/mol. The highest BCUT2D eigenvalue weighted by Gasteiger charge is 2.00. The van der Waals surface area contributed by atoms with E-state index in [0.717, 1.165) is 17.6 Å². The minimum atomic E-state index is 0.558. The van der Waals surface area contributed by atoms with Crippen LogP contribution >= 0.6 is 15.9 Å².